The van der Waals surface area contributed by atoms with Crippen LogP contribution in [0.2, 0.25) is 10.0 Å². The van der Waals surface area contributed by atoms with Gasteiger partial charge in [-0.2, -0.15) is 0 Å². The van der Waals surface area contributed by atoms with Crippen molar-refractivity contribution in [1.82, 2.24) is 0 Å². The molecule has 0 spiro atoms. The van der Waals surface area contributed by atoms with Crippen molar-refractivity contribution in [3.8, 4) is 5.75 Å². The third-order valence-corrected chi connectivity index (χ3v) is 3.60. The fourth-order valence-electron chi connectivity index (χ4n) is 1.79. The summed E-state index contributed by atoms with van der Waals surface area (Å²) in [5.41, 5.74) is 2.46. The van der Waals surface area contributed by atoms with Crippen LogP contribution in [-0.4, -0.2) is 0 Å². The minimum Gasteiger partial charge on any atom is -0.487 e. The Labute approximate surface area is 117 Å². The minimum absolute atomic E-state index is 0.466. The highest BCUT2D eigenvalue weighted by Gasteiger charge is 2.06. The Morgan fingerprint density at radius 2 is 1.67 bits per heavy atom. The van der Waals surface area contributed by atoms with E-state index in [1.807, 2.05) is 24.3 Å². The molecule has 2 rings (SSSR count). The predicted octanol–water partition coefficient (Wildman–Crippen LogP) is 5.13. The maximum atomic E-state index is 6.08. The molecule has 0 saturated heterocycles. The lowest BCUT2D eigenvalue weighted by atomic mass is 10.1. The maximum absolute atomic E-state index is 6.08. The molecule has 18 heavy (non-hydrogen) atoms. The first-order valence-corrected chi connectivity index (χ1v) is 6.61. The van der Waals surface area contributed by atoms with Gasteiger partial charge in [-0.05, 0) is 29.7 Å². The average Bonchev–Trinajstić information content (AvgIpc) is 2.41. The quantitative estimate of drug-likeness (QED) is 0.754. The van der Waals surface area contributed by atoms with Crippen molar-refractivity contribution in [2.24, 2.45) is 0 Å². The van der Waals surface area contributed by atoms with Crippen LogP contribution in [-0.2, 0) is 13.0 Å². The van der Waals surface area contributed by atoms with Gasteiger partial charge >= 0.3 is 0 Å². The summed E-state index contributed by atoms with van der Waals surface area (Å²) in [5, 5.41) is 0.978. The third-order valence-electron chi connectivity index (χ3n) is 2.80. The largest absolute Gasteiger partial charge is 0.487 e. The van der Waals surface area contributed by atoms with Gasteiger partial charge in [-0.1, -0.05) is 60.5 Å². The van der Waals surface area contributed by atoms with Gasteiger partial charge < -0.3 is 4.74 Å². The Balaban J connectivity index is 2.14. The molecule has 1 nitrogen and oxygen atoms in total. The molecule has 0 aliphatic carbocycles. The summed E-state index contributed by atoms with van der Waals surface area (Å²) in [7, 11) is 0. The molecule has 2 aromatic carbocycles. The molecule has 94 valence electrons. The zero-order chi connectivity index (χ0) is 13.0. The van der Waals surface area contributed by atoms with Crippen LogP contribution in [0, 0.1) is 0 Å². The molecule has 0 unspecified atom stereocenters. The van der Waals surface area contributed by atoms with Crippen LogP contribution in [0.25, 0.3) is 0 Å². The normalized spacial score (nSPS) is 10.4. The molecule has 0 heterocycles. The second-order valence-corrected chi connectivity index (χ2v) is 4.75. The molecule has 0 aliphatic rings. The highest BCUT2D eigenvalue weighted by Crippen LogP contribution is 2.32. The minimum atomic E-state index is 0.466. The number of hydrogen-bond donors (Lipinski definition) is 0. The van der Waals surface area contributed by atoms with Crippen LogP contribution in [0.5, 0.6) is 5.75 Å². The zero-order valence-corrected chi connectivity index (χ0v) is 11.6. The van der Waals surface area contributed by atoms with Crippen molar-refractivity contribution in [2.45, 2.75) is 20.0 Å². The Hall–Kier alpha value is -1.18. The van der Waals surface area contributed by atoms with E-state index in [9.17, 15) is 0 Å². The van der Waals surface area contributed by atoms with Crippen molar-refractivity contribution in [3.63, 3.8) is 0 Å². The van der Waals surface area contributed by atoms with E-state index in [1.54, 1.807) is 6.07 Å². The average molecular weight is 281 g/mol. The van der Waals surface area contributed by atoms with Gasteiger partial charge in [0.2, 0.25) is 0 Å². The predicted molar refractivity (Wildman–Crippen MR) is 76.6 cm³/mol. The van der Waals surface area contributed by atoms with Gasteiger partial charge in [0.05, 0.1) is 5.02 Å². The Kier molecular flexibility index (Phi) is 4.51. The van der Waals surface area contributed by atoms with Crippen molar-refractivity contribution in [2.75, 3.05) is 0 Å². The summed E-state index contributed by atoms with van der Waals surface area (Å²) in [5.74, 6) is 0.620. The number of ether oxygens (including phenoxy) is 1. The summed E-state index contributed by atoms with van der Waals surface area (Å²) < 4.78 is 5.73. The molecule has 2 aromatic rings. The molecule has 0 aliphatic heterocycles. The van der Waals surface area contributed by atoms with Crippen molar-refractivity contribution >= 4 is 23.2 Å². The Bertz CT molecular complexity index is 538. The van der Waals surface area contributed by atoms with E-state index in [0.717, 1.165) is 6.42 Å². The molecule has 3 heteroatoms. The highest BCUT2D eigenvalue weighted by molar-refractivity contribution is 6.42. The zero-order valence-electron chi connectivity index (χ0n) is 10.1. The first-order valence-electron chi connectivity index (χ1n) is 5.86. The number of rotatable bonds is 4. The van der Waals surface area contributed by atoms with E-state index >= 15 is 0 Å². The molecule has 0 radical (unpaired) electrons. The molecule has 0 atom stereocenters. The van der Waals surface area contributed by atoms with Crippen LogP contribution in [0.4, 0.5) is 0 Å². The monoisotopic (exact) mass is 280 g/mol. The van der Waals surface area contributed by atoms with Crippen LogP contribution >= 0.6 is 23.2 Å². The molecule has 0 saturated carbocycles. The molecule has 0 fully saturated rings. The van der Waals surface area contributed by atoms with Gasteiger partial charge in [-0.15, -0.1) is 0 Å². The van der Waals surface area contributed by atoms with E-state index in [4.69, 9.17) is 27.9 Å². The Morgan fingerprint density at radius 3 is 2.39 bits per heavy atom. The van der Waals surface area contributed by atoms with Gasteiger partial charge in [-0.25, -0.2) is 0 Å². The Morgan fingerprint density at radius 1 is 0.944 bits per heavy atom. The lowest BCUT2D eigenvalue weighted by Crippen LogP contribution is -1.99. The van der Waals surface area contributed by atoms with Crippen molar-refractivity contribution < 1.29 is 4.74 Å². The SMILES string of the molecule is CCc1ccccc1COc1cccc(Cl)c1Cl. The lowest BCUT2D eigenvalue weighted by Gasteiger charge is -2.11. The molecular weight excluding hydrogens is 267 g/mol. The van der Waals surface area contributed by atoms with Crippen LogP contribution in [0.15, 0.2) is 42.5 Å². The maximum Gasteiger partial charge on any atom is 0.139 e. The summed E-state index contributed by atoms with van der Waals surface area (Å²) >= 11 is 12.0. The fraction of sp³-hybridized carbons (Fsp3) is 0.200. The van der Waals surface area contributed by atoms with E-state index in [2.05, 4.69) is 19.1 Å². The van der Waals surface area contributed by atoms with Crippen LogP contribution < -0.4 is 4.74 Å². The van der Waals surface area contributed by atoms with E-state index in [-0.39, 0.29) is 0 Å². The fourth-order valence-corrected chi connectivity index (χ4v) is 2.14. The molecule has 0 N–H and O–H groups in total. The van der Waals surface area contributed by atoms with Gasteiger partial charge in [0.25, 0.3) is 0 Å². The second kappa shape index (κ2) is 6.12. The van der Waals surface area contributed by atoms with Gasteiger partial charge in [0, 0.05) is 0 Å². The number of benzene rings is 2. The molecule has 0 aromatic heterocycles. The van der Waals surface area contributed by atoms with Crippen LogP contribution in [0.1, 0.15) is 18.1 Å². The van der Waals surface area contributed by atoms with E-state index in [1.165, 1.54) is 11.1 Å². The van der Waals surface area contributed by atoms with Gasteiger partial charge in [0.1, 0.15) is 17.4 Å². The summed E-state index contributed by atoms with van der Waals surface area (Å²) in [4.78, 5) is 0. The first kappa shape index (κ1) is 13.3. The van der Waals surface area contributed by atoms with Crippen LogP contribution in [0.3, 0.4) is 0 Å². The third kappa shape index (κ3) is 2.98. The lowest BCUT2D eigenvalue weighted by molar-refractivity contribution is 0.305. The van der Waals surface area contributed by atoms with Gasteiger partial charge in [0.15, 0.2) is 0 Å². The number of aryl methyl sites for hydroxylation is 1. The summed E-state index contributed by atoms with van der Waals surface area (Å²) in [6, 6.07) is 13.6. The first-order chi connectivity index (χ1) is 8.72. The van der Waals surface area contributed by atoms with Gasteiger partial charge in [-0.3, -0.25) is 0 Å². The number of hydrogen-bond acceptors (Lipinski definition) is 1. The second-order valence-electron chi connectivity index (χ2n) is 3.96. The highest BCUT2D eigenvalue weighted by atomic mass is 35.5. The van der Waals surface area contributed by atoms with E-state index in [0.29, 0.717) is 22.4 Å². The van der Waals surface area contributed by atoms with E-state index < -0.39 is 0 Å². The molecular formula is C15H14Cl2O. The smallest absolute Gasteiger partial charge is 0.139 e. The molecule has 0 bridgehead atoms. The summed E-state index contributed by atoms with van der Waals surface area (Å²) in [6.07, 6.45) is 0.989. The standard InChI is InChI=1S/C15H14Cl2O/c1-2-11-6-3-4-7-12(11)10-18-14-9-5-8-13(16)15(14)17/h3-9H,2,10H2,1H3. The van der Waals surface area contributed by atoms with Crippen molar-refractivity contribution in [1.29, 1.82) is 0 Å². The topological polar surface area (TPSA) is 9.23 Å². The molecule has 0 amide bonds. The van der Waals surface area contributed by atoms with Crippen molar-refractivity contribution in [3.05, 3.63) is 63.6 Å². The summed E-state index contributed by atoms with van der Waals surface area (Å²) in [6.45, 7) is 2.63. The number of halogens is 2.